The Bertz CT molecular complexity index is 1050. The zero-order valence-electron chi connectivity index (χ0n) is 18.7. The highest BCUT2D eigenvalue weighted by atomic mass is 16.7. The second kappa shape index (κ2) is 10.6. The summed E-state index contributed by atoms with van der Waals surface area (Å²) >= 11 is 0. The second-order valence-electron chi connectivity index (χ2n) is 7.30. The molecule has 1 aliphatic heterocycles. The molecule has 0 saturated carbocycles. The van der Waals surface area contributed by atoms with E-state index in [1.165, 1.54) is 0 Å². The van der Waals surface area contributed by atoms with Gasteiger partial charge in [-0.05, 0) is 31.9 Å². The quantitative estimate of drug-likeness (QED) is 0.616. The van der Waals surface area contributed by atoms with Crippen LogP contribution in [0.3, 0.4) is 0 Å². The summed E-state index contributed by atoms with van der Waals surface area (Å²) in [6.45, 7) is 5.21. The minimum Gasteiger partial charge on any atom is -0.435 e. The van der Waals surface area contributed by atoms with Gasteiger partial charge in [0.1, 0.15) is 23.8 Å². The third-order valence-corrected chi connectivity index (χ3v) is 5.26. The Morgan fingerprint density at radius 3 is 2.03 bits per heavy atom. The van der Waals surface area contributed by atoms with E-state index in [0.29, 0.717) is 16.8 Å². The number of carbonyl (C=O) groups is 2. The first-order valence-corrected chi connectivity index (χ1v) is 10.7. The molecule has 0 saturated heterocycles. The van der Waals surface area contributed by atoms with Gasteiger partial charge in [-0.3, -0.25) is 0 Å². The van der Waals surface area contributed by atoms with Crippen LogP contribution in [0.1, 0.15) is 43.9 Å². The predicted molar refractivity (Wildman–Crippen MR) is 119 cm³/mol. The summed E-state index contributed by atoms with van der Waals surface area (Å²) < 4.78 is 21.3. The normalized spacial score (nSPS) is 21.9. The highest BCUT2D eigenvalue weighted by molar-refractivity contribution is 5.65. The number of rotatable bonds is 6. The van der Waals surface area contributed by atoms with Gasteiger partial charge in [-0.15, -0.1) is 0 Å². The van der Waals surface area contributed by atoms with Crippen molar-refractivity contribution >= 4 is 12.3 Å². The van der Waals surface area contributed by atoms with Crippen molar-refractivity contribution in [3.8, 4) is 6.07 Å². The first-order valence-electron chi connectivity index (χ1n) is 10.7. The van der Waals surface area contributed by atoms with Crippen LogP contribution >= 0.6 is 0 Å². The summed E-state index contributed by atoms with van der Waals surface area (Å²) in [7, 11) is 0. The van der Waals surface area contributed by atoms with Crippen molar-refractivity contribution in [1.29, 1.82) is 5.26 Å². The predicted octanol–water partition coefficient (Wildman–Crippen LogP) is 4.95. The maximum absolute atomic E-state index is 12.6. The Morgan fingerprint density at radius 2 is 1.48 bits per heavy atom. The van der Waals surface area contributed by atoms with Crippen LogP contribution in [0.2, 0.25) is 0 Å². The van der Waals surface area contributed by atoms with E-state index in [1.54, 1.807) is 45.0 Å². The molecule has 2 aromatic carbocycles. The van der Waals surface area contributed by atoms with Crippen molar-refractivity contribution in [2.45, 2.75) is 38.3 Å². The van der Waals surface area contributed by atoms with Crippen molar-refractivity contribution in [2.24, 2.45) is 0 Å². The molecule has 0 aliphatic carbocycles. The maximum atomic E-state index is 12.6. The van der Waals surface area contributed by atoms with E-state index >= 15 is 0 Å². The number of nitriles is 1. The van der Waals surface area contributed by atoms with Crippen molar-refractivity contribution in [1.82, 2.24) is 5.32 Å². The lowest BCUT2D eigenvalue weighted by Gasteiger charge is -2.45. The van der Waals surface area contributed by atoms with E-state index in [1.807, 2.05) is 36.4 Å². The van der Waals surface area contributed by atoms with Gasteiger partial charge in [-0.1, -0.05) is 60.7 Å². The van der Waals surface area contributed by atoms with Crippen LogP contribution in [0.25, 0.3) is 0 Å². The van der Waals surface area contributed by atoms with Gasteiger partial charge in [0, 0.05) is 5.70 Å². The minimum absolute atomic E-state index is 0.0703. The molecule has 0 fully saturated rings. The standard InChI is InChI=1S/C25H26N2O6/c1-4-30-23(28)32-21-17(3)27-22(19-14-10-7-11-15-19)25(16-26,33-24(29)31-5-2)20(21)18-12-8-6-9-13-18/h6-15,20,22,27H,4-5H2,1-3H3. The molecule has 3 rings (SSSR count). The molecule has 0 aromatic heterocycles. The van der Waals surface area contributed by atoms with Crippen LogP contribution in [-0.4, -0.2) is 31.1 Å². The largest absolute Gasteiger partial charge is 0.513 e. The number of ether oxygens (including phenoxy) is 4. The highest BCUT2D eigenvalue weighted by Gasteiger charge is 2.57. The van der Waals surface area contributed by atoms with Gasteiger partial charge in [0.05, 0.1) is 13.2 Å². The van der Waals surface area contributed by atoms with Gasteiger partial charge < -0.3 is 24.3 Å². The molecule has 1 aliphatic rings. The van der Waals surface area contributed by atoms with E-state index in [0.717, 1.165) is 0 Å². The molecule has 8 heteroatoms. The summed E-state index contributed by atoms with van der Waals surface area (Å²) in [6, 6.07) is 19.5. The first-order chi connectivity index (χ1) is 16.0. The topological polar surface area (TPSA) is 107 Å². The molecule has 0 radical (unpaired) electrons. The smallest absolute Gasteiger partial charge is 0.435 e. The van der Waals surface area contributed by atoms with Gasteiger partial charge in [0.2, 0.25) is 5.60 Å². The molecule has 0 bridgehead atoms. The molecule has 0 amide bonds. The summed E-state index contributed by atoms with van der Waals surface area (Å²) in [6.07, 6.45) is -1.92. The molecule has 3 atom stereocenters. The summed E-state index contributed by atoms with van der Waals surface area (Å²) in [5.41, 5.74) is -0.0247. The van der Waals surface area contributed by atoms with E-state index in [9.17, 15) is 14.9 Å². The zero-order chi connectivity index (χ0) is 23.8. The van der Waals surface area contributed by atoms with Crippen LogP contribution in [0, 0.1) is 11.3 Å². The number of benzene rings is 2. The summed E-state index contributed by atoms with van der Waals surface area (Å²) in [5, 5.41) is 13.8. The molecule has 1 heterocycles. The fraction of sp³-hybridized carbons (Fsp3) is 0.320. The van der Waals surface area contributed by atoms with Crippen molar-refractivity contribution in [3.05, 3.63) is 83.2 Å². The fourth-order valence-electron chi connectivity index (χ4n) is 3.92. The molecule has 3 unspecified atom stereocenters. The van der Waals surface area contributed by atoms with Crippen LogP contribution < -0.4 is 5.32 Å². The Balaban J connectivity index is 2.25. The lowest BCUT2D eigenvalue weighted by Crippen LogP contribution is -2.54. The monoisotopic (exact) mass is 450 g/mol. The number of hydrogen-bond donors (Lipinski definition) is 1. The van der Waals surface area contributed by atoms with Crippen LogP contribution in [0.5, 0.6) is 0 Å². The lowest BCUT2D eigenvalue weighted by molar-refractivity contribution is -0.0455. The molecule has 33 heavy (non-hydrogen) atoms. The number of hydrogen-bond acceptors (Lipinski definition) is 8. The first kappa shape index (κ1) is 23.7. The highest BCUT2D eigenvalue weighted by Crippen LogP contribution is 2.49. The third kappa shape index (κ3) is 4.93. The van der Waals surface area contributed by atoms with Gasteiger partial charge in [0.25, 0.3) is 0 Å². The Morgan fingerprint density at radius 1 is 0.939 bits per heavy atom. The molecule has 172 valence electrons. The fourth-order valence-corrected chi connectivity index (χ4v) is 3.92. The van der Waals surface area contributed by atoms with Gasteiger partial charge >= 0.3 is 12.3 Å². The summed E-state index contributed by atoms with van der Waals surface area (Å²) in [4.78, 5) is 24.9. The number of carbonyl (C=O) groups excluding carboxylic acids is 2. The second-order valence-corrected chi connectivity index (χ2v) is 7.30. The number of nitrogens with zero attached hydrogens (tertiary/aromatic N) is 1. The summed E-state index contributed by atoms with van der Waals surface area (Å²) in [5.74, 6) is -0.832. The van der Waals surface area contributed by atoms with Gasteiger partial charge in [0.15, 0.2) is 0 Å². The minimum atomic E-state index is -1.85. The average molecular weight is 450 g/mol. The molecule has 0 spiro atoms. The third-order valence-electron chi connectivity index (χ3n) is 5.26. The number of nitrogens with one attached hydrogen (secondary N) is 1. The van der Waals surface area contributed by atoms with E-state index in [2.05, 4.69) is 11.4 Å². The molecule has 1 N–H and O–H groups in total. The van der Waals surface area contributed by atoms with Gasteiger partial charge in [-0.2, -0.15) is 5.26 Å². The molecular formula is C25H26N2O6. The average Bonchev–Trinajstić information content (AvgIpc) is 2.82. The Labute approximate surface area is 192 Å². The Kier molecular flexibility index (Phi) is 7.57. The van der Waals surface area contributed by atoms with E-state index in [-0.39, 0.29) is 19.0 Å². The number of allylic oxidation sites excluding steroid dienone is 1. The molecule has 2 aromatic rings. The zero-order valence-corrected chi connectivity index (χ0v) is 18.7. The van der Waals surface area contributed by atoms with Crippen molar-refractivity contribution < 1.29 is 28.5 Å². The SMILES string of the molecule is CCOC(=O)OC1=C(C)NC(c2ccccc2)C(C#N)(OC(=O)OCC)C1c1ccccc1. The van der Waals surface area contributed by atoms with Crippen LogP contribution in [-0.2, 0) is 18.9 Å². The van der Waals surface area contributed by atoms with Crippen molar-refractivity contribution in [2.75, 3.05) is 13.2 Å². The molecular weight excluding hydrogens is 424 g/mol. The molecule has 8 nitrogen and oxygen atoms in total. The van der Waals surface area contributed by atoms with Crippen LogP contribution in [0.15, 0.2) is 72.1 Å². The van der Waals surface area contributed by atoms with E-state index in [4.69, 9.17) is 18.9 Å². The maximum Gasteiger partial charge on any atom is 0.513 e. The Hall–Kier alpha value is -3.99. The van der Waals surface area contributed by atoms with Gasteiger partial charge in [-0.25, -0.2) is 9.59 Å². The van der Waals surface area contributed by atoms with Crippen molar-refractivity contribution in [3.63, 3.8) is 0 Å². The lowest BCUT2D eigenvalue weighted by atomic mass is 9.71. The van der Waals surface area contributed by atoms with Crippen LogP contribution in [0.4, 0.5) is 9.59 Å². The van der Waals surface area contributed by atoms with E-state index < -0.39 is 29.9 Å².